The van der Waals surface area contributed by atoms with Crippen molar-refractivity contribution in [1.82, 2.24) is 10.3 Å². The van der Waals surface area contributed by atoms with Crippen LogP contribution in [0, 0.1) is 6.92 Å². The maximum absolute atomic E-state index is 11.2. The van der Waals surface area contributed by atoms with Crippen LogP contribution in [0.2, 0.25) is 0 Å². The summed E-state index contributed by atoms with van der Waals surface area (Å²) < 4.78 is 0. The number of anilines is 1. The predicted molar refractivity (Wildman–Crippen MR) is 56.3 cm³/mol. The molecule has 0 aromatic carbocycles. The topological polar surface area (TPSA) is 71.1 Å². The molecule has 0 aliphatic carbocycles. The summed E-state index contributed by atoms with van der Waals surface area (Å²) in [6, 6.07) is 3.45. The second-order valence-electron chi connectivity index (χ2n) is 3.03. The van der Waals surface area contributed by atoms with Gasteiger partial charge in [0.15, 0.2) is 0 Å². The van der Waals surface area contributed by atoms with Crippen LogP contribution in [-0.2, 0) is 9.59 Å². The van der Waals surface area contributed by atoms with Crippen LogP contribution in [0.25, 0.3) is 0 Å². The minimum Gasteiger partial charge on any atom is -0.348 e. The first kappa shape index (κ1) is 11.2. The van der Waals surface area contributed by atoms with Gasteiger partial charge in [-0.3, -0.25) is 9.59 Å². The Morgan fingerprint density at radius 2 is 2.07 bits per heavy atom. The Balaban J connectivity index is 2.58. The minimum atomic E-state index is -0.701. The van der Waals surface area contributed by atoms with Crippen molar-refractivity contribution in [3.05, 3.63) is 23.9 Å². The number of carbonyl (C=O) groups is 2. The summed E-state index contributed by atoms with van der Waals surface area (Å²) in [5.41, 5.74) is 0.992. The number of hydrogen-bond donors (Lipinski definition) is 2. The van der Waals surface area contributed by atoms with E-state index < -0.39 is 11.8 Å². The third-order valence-electron chi connectivity index (χ3n) is 1.70. The molecule has 1 rings (SSSR count). The van der Waals surface area contributed by atoms with Gasteiger partial charge in [0.1, 0.15) is 5.82 Å². The Labute approximate surface area is 87.9 Å². The first-order valence-electron chi connectivity index (χ1n) is 4.65. The monoisotopic (exact) mass is 207 g/mol. The molecule has 5 heteroatoms. The van der Waals surface area contributed by atoms with Gasteiger partial charge in [-0.15, -0.1) is 0 Å². The smallest absolute Gasteiger partial charge is 0.314 e. The van der Waals surface area contributed by atoms with Crippen molar-refractivity contribution in [1.29, 1.82) is 0 Å². The third-order valence-corrected chi connectivity index (χ3v) is 1.70. The highest BCUT2D eigenvalue weighted by Gasteiger charge is 2.12. The fraction of sp³-hybridized carbons (Fsp3) is 0.300. The van der Waals surface area contributed by atoms with Gasteiger partial charge in [-0.1, -0.05) is 6.07 Å². The fourth-order valence-corrected chi connectivity index (χ4v) is 0.956. The van der Waals surface area contributed by atoms with E-state index in [4.69, 9.17) is 0 Å². The lowest BCUT2D eigenvalue weighted by Crippen LogP contribution is -2.35. The molecule has 0 fully saturated rings. The highest BCUT2D eigenvalue weighted by Crippen LogP contribution is 2.03. The van der Waals surface area contributed by atoms with Gasteiger partial charge >= 0.3 is 11.8 Å². The summed E-state index contributed by atoms with van der Waals surface area (Å²) in [6.45, 7) is 4.06. The van der Waals surface area contributed by atoms with Crippen molar-refractivity contribution in [3.8, 4) is 0 Å². The molecule has 0 atom stereocenters. The van der Waals surface area contributed by atoms with Crippen LogP contribution in [0.1, 0.15) is 12.5 Å². The van der Waals surface area contributed by atoms with E-state index in [0.717, 1.165) is 5.56 Å². The Morgan fingerprint density at radius 3 is 2.60 bits per heavy atom. The van der Waals surface area contributed by atoms with Gasteiger partial charge in [0.05, 0.1) is 0 Å². The van der Waals surface area contributed by atoms with Crippen LogP contribution in [0.3, 0.4) is 0 Å². The number of amides is 2. The maximum Gasteiger partial charge on any atom is 0.314 e. The molecular formula is C10H13N3O2. The molecule has 15 heavy (non-hydrogen) atoms. The van der Waals surface area contributed by atoms with Crippen molar-refractivity contribution in [2.75, 3.05) is 11.9 Å². The van der Waals surface area contributed by atoms with Gasteiger partial charge in [-0.2, -0.15) is 0 Å². The second kappa shape index (κ2) is 5.09. The third kappa shape index (κ3) is 3.38. The van der Waals surface area contributed by atoms with Crippen molar-refractivity contribution >= 4 is 17.6 Å². The quantitative estimate of drug-likeness (QED) is 0.692. The molecule has 0 spiro atoms. The van der Waals surface area contributed by atoms with E-state index in [-0.39, 0.29) is 0 Å². The lowest BCUT2D eigenvalue weighted by Gasteiger charge is -2.03. The molecular weight excluding hydrogens is 194 g/mol. The largest absolute Gasteiger partial charge is 0.348 e. The Hall–Kier alpha value is -1.91. The number of aryl methyl sites for hydroxylation is 1. The highest BCUT2D eigenvalue weighted by atomic mass is 16.2. The average Bonchev–Trinajstić information content (AvgIpc) is 2.22. The van der Waals surface area contributed by atoms with Crippen LogP contribution < -0.4 is 10.6 Å². The van der Waals surface area contributed by atoms with E-state index in [9.17, 15) is 9.59 Å². The first-order valence-corrected chi connectivity index (χ1v) is 4.65. The average molecular weight is 207 g/mol. The fourth-order valence-electron chi connectivity index (χ4n) is 0.956. The number of carbonyl (C=O) groups excluding carboxylic acids is 2. The molecule has 80 valence electrons. The summed E-state index contributed by atoms with van der Waals surface area (Å²) in [5, 5.41) is 4.79. The van der Waals surface area contributed by atoms with E-state index in [0.29, 0.717) is 12.4 Å². The molecule has 0 unspecified atom stereocenters. The zero-order valence-electron chi connectivity index (χ0n) is 8.70. The van der Waals surface area contributed by atoms with Crippen molar-refractivity contribution in [2.45, 2.75) is 13.8 Å². The van der Waals surface area contributed by atoms with Crippen LogP contribution in [-0.4, -0.2) is 23.3 Å². The normalized spacial score (nSPS) is 9.47. The van der Waals surface area contributed by atoms with Crippen molar-refractivity contribution in [2.24, 2.45) is 0 Å². The SMILES string of the molecule is CCNC(=O)C(=O)Nc1ccc(C)cn1. The minimum absolute atomic E-state index is 0.372. The number of rotatable bonds is 2. The number of pyridine rings is 1. The maximum atomic E-state index is 11.2. The van der Waals surface area contributed by atoms with Gasteiger partial charge in [-0.25, -0.2) is 4.98 Å². The van der Waals surface area contributed by atoms with E-state index >= 15 is 0 Å². The number of nitrogens with zero attached hydrogens (tertiary/aromatic N) is 1. The Morgan fingerprint density at radius 1 is 1.33 bits per heavy atom. The lowest BCUT2D eigenvalue weighted by molar-refractivity contribution is -0.136. The summed E-state index contributed by atoms with van der Waals surface area (Å²) in [4.78, 5) is 26.2. The Bertz CT molecular complexity index is 359. The van der Waals surface area contributed by atoms with Crippen LogP contribution in [0.5, 0.6) is 0 Å². The number of nitrogens with one attached hydrogen (secondary N) is 2. The van der Waals surface area contributed by atoms with Gasteiger partial charge in [-0.05, 0) is 25.5 Å². The standard InChI is InChI=1S/C10H13N3O2/c1-3-11-9(14)10(15)13-8-5-4-7(2)6-12-8/h4-6H,3H2,1-2H3,(H,11,14)(H,12,13,15). The molecule has 0 saturated carbocycles. The molecule has 0 aliphatic heterocycles. The molecule has 1 aromatic heterocycles. The molecule has 1 heterocycles. The van der Waals surface area contributed by atoms with Crippen molar-refractivity contribution < 1.29 is 9.59 Å². The van der Waals surface area contributed by atoms with Gasteiger partial charge < -0.3 is 10.6 Å². The van der Waals surface area contributed by atoms with Crippen LogP contribution in [0.4, 0.5) is 5.82 Å². The zero-order valence-corrected chi connectivity index (χ0v) is 8.70. The zero-order chi connectivity index (χ0) is 11.3. The van der Waals surface area contributed by atoms with Gasteiger partial charge in [0, 0.05) is 12.7 Å². The van der Waals surface area contributed by atoms with Gasteiger partial charge in [0.25, 0.3) is 0 Å². The summed E-state index contributed by atoms with van der Waals surface area (Å²) in [6.07, 6.45) is 1.62. The second-order valence-corrected chi connectivity index (χ2v) is 3.03. The summed E-state index contributed by atoms with van der Waals surface area (Å²) in [5.74, 6) is -0.982. The molecule has 0 aliphatic rings. The molecule has 0 bridgehead atoms. The summed E-state index contributed by atoms with van der Waals surface area (Å²) in [7, 11) is 0. The van der Waals surface area contributed by atoms with Crippen LogP contribution >= 0.6 is 0 Å². The lowest BCUT2D eigenvalue weighted by atomic mass is 10.3. The van der Waals surface area contributed by atoms with Crippen LogP contribution in [0.15, 0.2) is 18.3 Å². The summed E-state index contributed by atoms with van der Waals surface area (Å²) >= 11 is 0. The van der Waals surface area contributed by atoms with Crippen molar-refractivity contribution in [3.63, 3.8) is 0 Å². The molecule has 2 amide bonds. The number of likely N-dealkylation sites (N-methyl/N-ethyl adjacent to an activating group) is 1. The molecule has 0 radical (unpaired) electrons. The molecule has 0 saturated heterocycles. The Kier molecular flexibility index (Phi) is 3.79. The van der Waals surface area contributed by atoms with E-state index in [1.807, 2.05) is 6.92 Å². The molecule has 5 nitrogen and oxygen atoms in total. The van der Waals surface area contributed by atoms with E-state index in [1.165, 1.54) is 0 Å². The number of aromatic nitrogens is 1. The van der Waals surface area contributed by atoms with E-state index in [2.05, 4.69) is 15.6 Å². The molecule has 1 aromatic rings. The molecule has 2 N–H and O–H groups in total. The van der Waals surface area contributed by atoms with E-state index in [1.54, 1.807) is 25.3 Å². The number of hydrogen-bond acceptors (Lipinski definition) is 3. The highest BCUT2D eigenvalue weighted by molar-refractivity contribution is 6.39. The first-order chi connectivity index (χ1) is 7.13. The predicted octanol–water partition coefficient (Wildman–Crippen LogP) is 0.465. The van der Waals surface area contributed by atoms with Gasteiger partial charge in [0.2, 0.25) is 0 Å².